The Bertz CT molecular complexity index is 816. The Morgan fingerprint density at radius 2 is 2.12 bits per heavy atom. The number of carbonyl (C=O) groups is 2. The summed E-state index contributed by atoms with van der Waals surface area (Å²) >= 11 is 5.89. The summed E-state index contributed by atoms with van der Waals surface area (Å²) in [7, 11) is 0. The molecule has 0 aromatic heterocycles. The van der Waals surface area contributed by atoms with Crippen molar-refractivity contribution in [2.45, 2.75) is 26.2 Å². The Morgan fingerprint density at radius 3 is 2.88 bits per heavy atom. The van der Waals surface area contributed by atoms with E-state index in [1.165, 1.54) is 0 Å². The number of ether oxygens (including phenoxy) is 1. The van der Waals surface area contributed by atoms with Crippen molar-refractivity contribution in [1.29, 1.82) is 0 Å². The lowest BCUT2D eigenvalue weighted by Crippen LogP contribution is -2.20. The molecule has 3 rings (SSSR count). The zero-order valence-corrected chi connectivity index (χ0v) is 14.3. The van der Waals surface area contributed by atoms with Crippen LogP contribution in [0.5, 0.6) is 5.75 Å². The maximum absolute atomic E-state index is 12.2. The van der Waals surface area contributed by atoms with E-state index >= 15 is 0 Å². The first-order valence-corrected chi connectivity index (χ1v) is 8.18. The third-order valence-electron chi connectivity index (χ3n) is 4.16. The maximum Gasteiger partial charge on any atom is 0.262 e. The van der Waals surface area contributed by atoms with Gasteiger partial charge >= 0.3 is 0 Å². The number of amides is 1. The van der Waals surface area contributed by atoms with E-state index in [4.69, 9.17) is 16.3 Å². The average Bonchev–Trinajstić information content (AvgIpc) is 2.83. The standard InChI is InChI=1S/C19H18ClNO3/c1-11-6-7-16(19-15(22)8-12(2)18(11)19)24-10-17(23)21-14-5-3-4-13(20)9-14/h3-7,9,12H,8,10H2,1-2H3,(H,21,23)/t12-/m0/s1. The molecule has 1 atom stereocenters. The number of hydrogen-bond acceptors (Lipinski definition) is 3. The first-order valence-electron chi connectivity index (χ1n) is 7.80. The Labute approximate surface area is 145 Å². The number of nitrogens with one attached hydrogen (secondary N) is 1. The molecular formula is C19H18ClNO3. The van der Waals surface area contributed by atoms with Crippen LogP contribution < -0.4 is 10.1 Å². The molecule has 24 heavy (non-hydrogen) atoms. The Balaban J connectivity index is 1.72. The zero-order valence-electron chi connectivity index (χ0n) is 13.6. The fraction of sp³-hybridized carbons (Fsp3) is 0.263. The lowest BCUT2D eigenvalue weighted by Gasteiger charge is -2.13. The van der Waals surface area contributed by atoms with Crippen molar-refractivity contribution < 1.29 is 14.3 Å². The fourth-order valence-corrected chi connectivity index (χ4v) is 3.33. The highest BCUT2D eigenvalue weighted by Crippen LogP contribution is 2.40. The number of rotatable bonds is 4. The second kappa shape index (κ2) is 6.65. The molecular weight excluding hydrogens is 326 g/mol. The van der Waals surface area contributed by atoms with Crippen LogP contribution in [0.25, 0.3) is 0 Å². The monoisotopic (exact) mass is 343 g/mol. The lowest BCUT2D eigenvalue weighted by molar-refractivity contribution is -0.118. The van der Waals surface area contributed by atoms with Crippen LogP contribution in [-0.2, 0) is 4.79 Å². The summed E-state index contributed by atoms with van der Waals surface area (Å²) < 4.78 is 5.62. The number of hydrogen-bond donors (Lipinski definition) is 1. The van der Waals surface area contributed by atoms with Gasteiger partial charge in [0, 0.05) is 17.1 Å². The number of aryl methyl sites for hydroxylation is 1. The van der Waals surface area contributed by atoms with Gasteiger partial charge in [-0.1, -0.05) is 30.7 Å². The third-order valence-corrected chi connectivity index (χ3v) is 4.39. The highest BCUT2D eigenvalue weighted by atomic mass is 35.5. The second-order valence-electron chi connectivity index (χ2n) is 6.04. The summed E-state index contributed by atoms with van der Waals surface area (Å²) in [6.45, 7) is 3.86. The van der Waals surface area contributed by atoms with Crippen molar-refractivity contribution in [2.75, 3.05) is 11.9 Å². The summed E-state index contributed by atoms with van der Waals surface area (Å²) in [4.78, 5) is 24.3. The SMILES string of the molecule is Cc1ccc(OCC(=O)Nc2cccc(Cl)c2)c2c1[C@@H](C)CC2=O. The van der Waals surface area contributed by atoms with Crippen LogP contribution in [0.4, 0.5) is 5.69 Å². The highest BCUT2D eigenvalue weighted by Gasteiger charge is 2.31. The van der Waals surface area contributed by atoms with E-state index in [9.17, 15) is 9.59 Å². The Hall–Kier alpha value is -2.33. The van der Waals surface area contributed by atoms with Crippen LogP contribution in [0, 0.1) is 6.92 Å². The van der Waals surface area contributed by atoms with Gasteiger partial charge in [0.25, 0.3) is 5.91 Å². The molecule has 0 spiro atoms. The van der Waals surface area contributed by atoms with Gasteiger partial charge in [-0.3, -0.25) is 9.59 Å². The van der Waals surface area contributed by atoms with E-state index in [1.54, 1.807) is 30.3 Å². The van der Waals surface area contributed by atoms with Crippen molar-refractivity contribution in [2.24, 2.45) is 0 Å². The zero-order chi connectivity index (χ0) is 17.3. The number of Topliss-reactive ketones (excluding diaryl/α,β-unsaturated/α-hetero) is 1. The molecule has 0 bridgehead atoms. The number of benzene rings is 2. The van der Waals surface area contributed by atoms with Crippen LogP contribution >= 0.6 is 11.6 Å². The van der Waals surface area contributed by atoms with E-state index < -0.39 is 0 Å². The van der Waals surface area contributed by atoms with Gasteiger partial charge in [-0.05, 0) is 48.2 Å². The average molecular weight is 344 g/mol. The molecule has 4 nitrogen and oxygen atoms in total. The summed E-state index contributed by atoms with van der Waals surface area (Å²) in [6, 6.07) is 10.6. The molecule has 5 heteroatoms. The van der Waals surface area contributed by atoms with Crippen molar-refractivity contribution >= 4 is 29.0 Å². The van der Waals surface area contributed by atoms with Gasteiger partial charge in [-0.25, -0.2) is 0 Å². The smallest absolute Gasteiger partial charge is 0.262 e. The number of fused-ring (bicyclic) bond motifs is 1. The van der Waals surface area contributed by atoms with Gasteiger partial charge in [0.05, 0.1) is 5.56 Å². The van der Waals surface area contributed by atoms with Crippen molar-refractivity contribution in [3.8, 4) is 5.75 Å². The largest absolute Gasteiger partial charge is 0.483 e. The number of halogens is 1. The van der Waals surface area contributed by atoms with Gasteiger partial charge in [-0.15, -0.1) is 0 Å². The molecule has 0 fully saturated rings. The van der Waals surface area contributed by atoms with Gasteiger partial charge in [0.1, 0.15) is 5.75 Å². The lowest BCUT2D eigenvalue weighted by atomic mass is 9.97. The molecule has 124 valence electrons. The Kier molecular flexibility index (Phi) is 4.58. The molecule has 0 saturated heterocycles. The van der Waals surface area contributed by atoms with Crippen LogP contribution in [0.2, 0.25) is 5.02 Å². The minimum Gasteiger partial charge on any atom is -0.483 e. The summed E-state index contributed by atoms with van der Waals surface area (Å²) in [5, 5.41) is 3.26. The fourth-order valence-electron chi connectivity index (χ4n) is 3.14. The third kappa shape index (κ3) is 3.29. The summed E-state index contributed by atoms with van der Waals surface area (Å²) in [6.07, 6.45) is 0.491. The minimum atomic E-state index is -0.301. The molecule has 1 aliphatic rings. The van der Waals surface area contributed by atoms with Crippen molar-refractivity contribution in [3.05, 3.63) is 58.1 Å². The first kappa shape index (κ1) is 16.5. The number of anilines is 1. The van der Waals surface area contributed by atoms with E-state index in [-0.39, 0.29) is 24.2 Å². The molecule has 1 aliphatic carbocycles. The van der Waals surface area contributed by atoms with Crippen LogP contribution in [0.3, 0.4) is 0 Å². The molecule has 0 unspecified atom stereocenters. The summed E-state index contributed by atoms with van der Waals surface area (Å²) in [5.41, 5.74) is 3.35. The van der Waals surface area contributed by atoms with E-state index in [1.807, 2.05) is 19.9 Å². The van der Waals surface area contributed by atoms with Crippen molar-refractivity contribution in [3.63, 3.8) is 0 Å². The topological polar surface area (TPSA) is 55.4 Å². The van der Waals surface area contributed by atoms with Gasteiger partial charge in [-0.2, -0.15) is 0 Å². The normalized spacial score (nSPS) is 16.0. The predicted octanol–water partition coefficient (Wildman–Crippen LogP) is 4.36. The van der Waals surface area contributed by atoms with Crippen LogP contribution in [0.1, 0.15) is 40.7 Å². The molecule has 0 saturated carbocycles. The Morgan fingerprint density at radius 1 is 1.33 bits per heavy atom. The van der Waals surface area contributed by atoms with Gasteiger partial charge < -0.3 is 10.1 Å². The molecule has 1 amide bonds. The molecule has 0 heterocycles. The highest BCUT2D eigenvalue weighted by molar-refractivity contribution is 6.30. The summed E-state index contributed by atoms with van der Waals surface area (Å²) in [5.74, 6) is 0.444. The minimum absolute atomic E-state index is 0.0754. The maximum atomic E-state index is 12.2. The van der Waals surface area contributed by atoms with E-state index in [0.29, 0.717) is 28.4 Å². The molecule has 0 aliphatic heterocycles. The molecule has 2 aromatic rings. The molecule has 0 radical (unpaired) electrons. The van der Waals surface area contributed by atoms with Crippen molar-refractivity contribution in [1.82, 2.24) is 0 Å². The second-order valence-corrected chi connectivity index (χ2v) is 6.48. The van der Waals surface area contributed by atoms with E-state index in [2.05, 4.69) is 5.32 Å². The molecule has 1 N–H and O–H groups in total. The number of ketones is 1. The molecule has 2 aromatic carbocycles. The first-order chi connectivity index (χ1) is 11.5. The predicted molar refractivity (Wildman–Crippen MR) is 94.1 cm³/mol. The number of carbonyl (C=O) groups excluding carboxylic acids is 2. The quantitative estimate of drug-likeness (QED) is 0.897. The van der Waals surface area contributed by atoms with Crippen LogP contribution in [-0.4, -0.2) is 18.3 Å². The van der Waals surface area contributed by atoms with Crippen LogP contribution in [0.15, 0.2) is 36.4 Å². The van der Waals surface area contributed by atoms with Gasteiger partial charge in [0.15, 0.2) is 12.4 Å². The van der Waals surface area contributed by atoms with E-state index in [0.717, 1.165) is 11.1 Å². The van der Waals surface area contributed by atoms with Gasteiger partial charge in [0.2, 0.25) is 0 Å².